The fraction of sp³-hybridized carbons (Fsp3) is 0.259. The third-order valence-electron chi connectivity index (χ3n) is 6.87. The second kappa shape index (κ2) is 8.36. The van der Waals surface area contributed by atoms with Gasteiger partial charge in [0.1, 0.15) is 11.5 Å². The lowest BCUT2D eigenvalue weighted by Gasteiger charge is -2.38. The van der Waals surface area contributed by atoms with Gasteiger partial charge in [0, 0.05) is 29.6 Å². The van der Waals surface area contributed by atoms with Crippen LogP contribution < -0.4 is 9.47 Å². The van der Waals surface area contributed by atoms with Crippen LogP contribution in [-0.2, 0) is 15.4 Å². The van der Waals surface area contributed by atoms with E-state index in [1.807, 2.05) is 36.4 Å². The van der Waals surface area contributed by atoms with Gasteiger partial charge in [0.15, 0.2) is 0 Å². The molecule has 2 aliphatic rings. The maximum absolute atomic E-state index is 13.2. The van der Waals surface area contributed by atoms with Crippen molar-refractivity contribution in [1.82, 2.24) is 4.31 Å². The summed E-state index contributed by atoms with van der Waals surface area (Å²) in [5.74, 6) is 1.63. The molecule has 0 unspecified atom stereocenters. The van der Waals surface area contributed by atoms with Gasteiger partial charge in [-0.1, -0.05) is 54.6 Å². The van der Waals surface area contributed by atoms with Crippen molar-refractivity contribution in [1.29, 1.82) is 0 Å². The van der Waals surface area contributed by atoms with E-state index in [1.54, 1.807) is 42.8 Å². The van der Waals surface area contributed by atoms with Gasteiger partial charge in [-0.3, -0.25) is 0 Å². The van der Waals surface area contributed by atoms with Gasteiger partial charge in [0.25, 0.3) is 0 Å². The second-order valence-corrected chi connectivity index (χ2v) is 10.5. The first-order valence-electron chi connectivity index (χ1n) is 11.1. The van der Waals surface area contributed by atoms with Crippen molar-refractivity contribution >= 4 is 15.6 Å². The van der Waals surface area contributed by atoms with Gasteiger partial charge in [-0.25, -0.2) is 8.42 Å². The number of rotatable bonds is 5. The summed E-state index contributed by atoms with van der Waals surface area (Å²) in [5, 5.41) is 0. The molecule has 0 radical (unpaired) electrons. The van der Waals surface area contributed by atoms with Gasteiger partial charge < -0.3 is 9.47 Å². The van der Waals surface area contributed by atoms with Crippen LogP contribution in [0.5, 0.6) is 11.5 Å². The molecule has 33 heavy (non-hydrogen) atoms. The molecular formula is C27H27NO4S. The first kappa shape index (κ1) is 21.7. The monoisotopic (exact) mass is 461 g/mol. The minimum atomic E-state index is -3.51. The molecule has 3 aromatic rings. The molecule has 5 rings (SSSR count). The van der Waals surface area contributed by atoms with Crippen molar-refractivity contribution in [2.24, 2.45) is 0 Å². The summed E-state index contributed by atoms with van der Waals surface area (Å²) in [6.07, 6.45) is 3.72. The Morgan fingerprint density at radius 1 is 0.788 bits per heavy atom. The molecule has 1 spiro atoms. The average molecular weight is 462 g/mol. The number of allylic oxidation sites excluding steroid dienone is 1. The highest BCUT2D eigenvalue weighted by Crippen LogP contribution is 2.53. The Hall–Kier alpha value is -3.09. The number of hydrogen-bond acceptors (Lipinski definition) is 4. The van der Waals surface area contributed by atoms with Crippen molar-refractivity contribution < 1.29 is 17.9 Å². The molecule has 0 amide bonds. The van der Waals surface area contributed by atoms with E-state index in [4.69, 9.17) is 9.47 Å². The van der Waals surface area contributed by atoms with Crippen LogP contribution in [0.3, 0.4) is 0 Å². The van der Waals surface area contributed by atoms with Crippen LogP contribution in [0.2, 0.25) is 0 Å². The molecular weight excluding hydrogens is 434 g/mol. The molecule has 0 saturated carbocycles. The number of benzene rings is 3. The van der Waals surface area contributed by atoms with E-state index < -0.39 is 10.0 Å². The topological polar surface area (TPSA) is 55.8 Å². The molecule has 5 nitrogen and oxygen atoms in total. The molecule has 1 aliphatic heterocycles. The molecule has 6 heteroatoms. The predicted octanol–water partition coefficient (Wildman–Crippen LogP) is 4.87. The van der Waals surface area contributed by atoms with Crippen molar-refractivity contribution in [3.63, 3.8) is 0 Å². The van der Waals surface area contributed by atoms with Gasteiger partial charge in [0.05, 0.1) is 19.1 Å². The van der Waals surface area contributed by atoms with E-state index in [2.05, 4.69) is 18.2 Å². The molecule has 0 N–H and O–H groups in total. The highest BCUT2D eigenvalue weighted by Gasteiger charge is 2.44. The summed E-state index contributed by atoms with van der Waals surface area (Å²) in [5.41, 5.74) is 4.12. The predicted molar refractivity (Wildman–Crippen MR) is 129 cm³/mol. The Labute approximate surface area is 195 Å². The lowest BCUT2D eigenvalue weighted by molar-refractivity contribution is 0.274. The van der Waals surface area contributed by atoms with Crippen LogP contribution in [-0.4, -0.2) is 40.0 Å². The lowest BCUT2D eigenvalue weighted by atomic mass is 9.75. The zero-order chi connectivity index (χ0) is 23.1. The van der Waals surface area contributed by atoms with Crippen molar-refractivity contribution in [2.75, 3.05) is 27.3 Å². The van der Waals surface area contributed by atoms with Gasteiger partial charge in [-0.05, 0) is 48.2 Å². The molecule has 0 atom stereocenters. The van der Waals surface area contributed by atoms with E-state index in [9.17, 15) is 8.42 Å². The molecule has 0 bridgehead atoms. The zero-order valence-electron chi connectivity index (χ0n) is 18.8. The number of hydrogen-bond donors (Lipinski definition) is 0. The summed E-state index contributed by atoms with van der Waals surface area (Å²) in [4.78, 5) is 0.347. The van der Waals surface area contributed by atoms with Gasteiger partial charge in [0.2, 0.25) is 10.0 Å². The first-order chi connectivity index (χ1) is 16.0. The van der Waals surface area contributed by atoms with Crippen LogP contribution in [0.1, 0.15) is 29.5 Å². The van der Waals surface area contributed by atoms with Crippen LogP contribution in [0, 0.1) is 0 Å². The molecule has 1 heterocycles. The number of nitrogens with zero attached hydrogens (tertiary/aromatic N) is 1. The van der Waals surface area contributed by atoms with Crippen LogP contribution in [0.25, 0.3) is 5.57 Å². The number of piperidine rings is 1. The standard InChI is InChI=1S/C27H27NO4S/c1-31-24-13-7-6-11-21(24)22-19-27(23-12-8-14-25(32-2)26(22)23)15-17-28(18-16-27)33(29,30)20-9-4-3-5-10-20/h3-14,19H,15-18H2,1-2H3. The van der Waals surface area contributed by atoms with Crippen LogP contribution in [0.4, 0.5) is 0 Å². The first-order valence-corrected chi connectivity index (χ1v) is 12.5. The molecule has 1 saturated heterocycles. The largest absolute Gasteiger partial charge is 0.496 e. The summed E-state index contributed by atoms with van der Waals surface area (Å²) in [6.45, 7) is 0.924. The SMILES string of the molecule is COc1ccccc1C1=CC2(CCN(S(=O)(=O)c3ccccc3)CC2)c2cccc(OC)c21. The molecule has 1 fully saturated rings. The Kier molecular flexibility index (Phi) is 5.51. The molecule has 0 aromatic heterocycles. The maximum Gasteiger partial charge on any atom is 0.243 e. The average Bonchev–Trinajstić information content (AvgIpc) is 3.18. The number of ether oxygens (including phenoxy) is 2. The van der Waals surface area contributed by atoms with Crippen LogP contribution in [0.15, 0.2) is 83.8 Å². The minimum absolute atomic E-state index is 0.247. The smallest absolute Gasteiger partial charge is 0.243 e. The zero-order valence-corrected chi connectivity index (χ0v) is 19.6. The maximum atomic E-state index is 13.2. The Morgan fingerprint density at radius 3 is 2.12 bits per heavy atom. The Balaban J connectivity index is 1.55. The molecule has 1 aliphatic carbocycles. The normalized spacial score (nSPS) is 17.5. The number of para-hydroxylation sites is 1. The van der Waals surface area contributed by atoms with Crippen molar-refractivity contribution in [3.8, 4) is 11.5 Å². The fourth-order valence-electron chi connectivity index (χ4n) is 5.18. The summed E-state index contributed by atoms with van der Waals surface area (Å²) < 4.78 is 39.4. The van der Waals surface area contributed by atoms with Gasteiger partial charge >= 0.3 is 0 Å². The van der Waals surface area contributed by atoms with E-state index in [-0.39, 0.29) is 5.41 Å². The number of sulfonamides is 1. The Bertz CT molecular complexity index is 1310. The second-order valence-electron chi connectivity index (χ2n) is 8.51. The summed E-state index contributed by atoms with van der Waals surface area (Å²) in [7, 11) is -0.136. The highest BCUT2D eigenvalue weighted by molar-refractivity contribution is 7.89. The van der Waals surface area contributed by atoms with E-state index in [1.165, 1.54) is 5.56 Å². The summed E-state index contributed by atoms with van der Waals surface area (Å²) >= 11 is 0. The van der Waals surface area contributed by atoms with E-state index in [0.717, 1.165) is 28.2 Å². The Morgan fingerprint density at radius 2 is 1.42 bits per heavy atom. The van der Waals surface area contributed by atoms with E-state index in [0.29, 0.717) is 30.8 Å². The third-order valence-corrected chi connectivity index (χ3v) is 8.78. The van der Waals surface area contributed by atoms with E-state index >= 15 is 0 Å². The number of methoxy groups -OCH3 is 2. The van der Waals surface area contributed by atoms with Gasteiger partial charge in [-0.15, -0.1) is 0 Å². The highest BCUT2D eigenvalue weighted by atomic mass is 32.2. The van der Waals surface area contributed by atoms with Crippen molar-refractivity contribution in [2.45, 2.75) is 23.2 Å². The summed E-state index contributed by atoms with van der Waals surface area (Å²) in [6, 6.07) is 22.8. The van der Waals surface area contributed by atoms with Crippen LogP contribution >= 0.6 is 0 Å². The molecule has 170 valence electrons. The lowest BCUT2D eigenvalue weighted by Crippen LogP contribution is -2.43. The fourth-order valence-corrected chi connectivity index (χ4v) is 6.64. The quantitative estimate of drug-likeness (QED) is 0.544. The minimum Gasteiger partial charge on any atom is -0.496 e. The third kappa shape index (κ3) is 3.54. The van der Waals surface area contributed by atoms with Crippen molar-refractivity contribution in [3.05, 3.63) is 95.6 Å². The number of fused-ring (bicyclic) bond motifs is 2. The molecule has 3 aromatic carbocycles. The van der Waals surface area contributed by atoms with Gasteiger partial charge in [-0.2, -0.15) is 4.31 Å².